The first-order valence-corrected chi connectivity index (χ1v) is 9.25. The standard InChI is InChI=1S/C18H13N3O2S2/c1-11-4-5-12(8-15(11)21(22)23)13-7-14-16(10-20-18(14)19-9-13)25-17-3-2-6-24-17/h2-10H,1H3,(H,19,20). The zero-order valence-corrected chi connectivity index (χ0v) is 14.9. The van der Waals surface area contributed by atoms with Gasteiger partial charge in [-0.15, -0.1) is 11.3 Å². The van der Waals surface area contributed by atoms with Crippen LogP contribution in [-0.4, -0.2) is 14.9 Å². The fraction of sp³-hybridized carbons (Fsp3) is 0.0556. The number of nitrogens with one attached hydrogen (secondary N) is 1. The zero-order valence-electron chi connectivity index (χ0n) is 13.2. The van der Waals surface area contributed by atoms with Gasteiger partial charge in [-0.2, -0.15) is 0 Å². The summed E-state index contributed by atoms with van der Waals surface area (Å²) in [7, 11) is 0. The summed E-state index contributed by atoms with van der Waals surface area (Å²) in [6, 6.07) is 11.4. The van der Waals surface area contributed by atoms with Crippen LogP contribution in [0.2, 0.25) is 0 Å². The Kier molecular flexibility index (Phi) is 4.03. The molecule has 1 N–H and O–H groups in total. The number of aromatic nitrogens is 2. The Balaban J connectivity index is 1.78. The maximum Gasteiger partial charge on any atom is 0.272 e. The number of hydrogen-bond donors (Lipinski definition) is 1. The second-order valence-corrected chi connectivity index (χ2v) is 7.86. The van der Waals surface area contributed by atoms with E-state index in [1.165, 1.54) is 4.21 Å². The summed E-state index contributed by atoms with van der Waals surface area (Å²) < 4.78 is 1.21. The highest BCUT2D eigenvalue weighted by Gasteiger charge is 2.14. The highest BCUT2D eigenvalue weighted by molar-refractivity contribution is 8.01. The molecule has 124 valence electrons. The molecular formula is C18H13N3O2S2. The van der Waals surface area contributed by atoms with Crippen LogP contribution in [0.4, 0.5) is 5.69 Å². The average Bonchev–Trinajstić information content (AvgIpc) is 3.25. The zero-order chi connectivity index (χ0) is 17.4. The molecule has 0 saturated carbocycles. The lowest BCUT2D eigenvalue weighted by Gasteiger charge is -2.04. The molecule has 0 aliphatic carbocycles. The average molecular weight is 367 g/mol. The predicted octanol–water partition coefficient (Wildman–Crippen LogP) is 5.66. The number of H-pyrrole nitrogens is 1. The summed E-state index contributed by atoms with van der Waals surface area (Å²) >= 11 is 3.37. The Morgan fingerprint density at radius 1 is 1.24 bits per heavy atom. The van der Waals surface area contributed by atoms with Crippen LogP contribution in [0, 0.1) is 17.0 Å². The van der Waals surface area contributed by atoms with Crippen molar-refractivity contribution in [2.45, 2.75) is 16.0 Å². The predicted molar refractivity (Wildman–Crippen MR) is 101 cm³/mol. The van der Waals surface area contributed by atoms with E-state index in [4.69, 9.17) is 0 Å². The molecule has 0 bridgehead atoms. The van der Waals surface area contributed by atoms with Crippen molar-refractivity contribution in [2.24, 2.45) is 0 Å². The van der Waals surface area contributed by atoms with Crippen LogP contribution in [0.25, 0.3) is 22.2 Å². The largest absolute Gasteiger partial charge is 0.345 e. The molecule has 0 aliphatic rings. The van der Waals surface area contributed by atoms with E-state index in [1.54, 1.807) is 48.4 Å². The first-order chi connectivity index (χ1) is 12.1. The summed E-state index contributed by atoms with van der Waals surface area (Å²) in [6.45, 7) is 1.74. The number of nitro benzene ring substituents is 1. The first kappa shape index (κ1) is 15.9. The number of nitrogens with zero attached hydrogens (tertiary/aromatic N) is 2. The number of thiophene rings is 1. The molecule has 1 aromatic carbocycles. The maximum atomic E-state index is 11.2. The van der Waals surface area contributed by atoms with E-state index in [-0.39, 0.29) is 10.6 Å². The molecule has 0 amide bonds. The second kappa shape index (κ2) is 6.34. The third-order valence-corrected chi connectivity index (χ3v) is 6.03. The Morgan fingerprint density at radius 2 is 2.12 bits per heavy atom. The van der Waals surface area contributed by atoms with Gasteiger partial charge >= 0.3 is 0 Å². The fourth-order valence-corrected chi connectivity index (χ4v) is 4.46. The Hall–Kier alpha value is -2.64. The van der Waals surface area contributed by atoms with Gasteiger partial charge < -0.3 is 4.98 Å². The Labute approximate surface area is 151 Å². The second-order valence-electron chi connectivity index (χ2n) is 5.57. The molecular weight excluding hydrogens is 354 g/mol. The van der Waals surface area contributed by atoms with Gasteiger partial charge in [0, 0.05) is 39.9 Å². The molecule has 3 aromatic heterocycles. The van der Waals surface area contributed by atoms with E-state index >= 15 is 0 Å². The van der Waals surface area contributed by atoms with Gasteiger partial charge in [-0.1, -0.05) is 30.0 Å². The molecule has 0 unspecified atom stereocenters. The normalized spacial score (nSPS) is 11.1. The van der Waals surface area contributed by atoms with Gasteiger partial charge in [0.1, 0.15) is 5.65 Å². The summed E-state index contributed by atoms with van der Waals surface area (Å²) in [5, 5.41) is 14.3. The van der Waals surface area contributed by atoms with Crippen LogP contribution in [0.15, 0.2) is 63.3 Å². The number of rotatable bonds is 4. The molecule has 0 saturated heterocycles. The van der Waals surface area contributed by atoms with Crippen molar-refractivity contribution < 1.29 is 4.92 Å². The molecule has 0 aliphatic heterocycles. The Morgan fingerprint density at radius 3 is 2.88 bits per heavy atom. The van der Waals surface area contributed by atoms with Gasteiger partial charge in [0.25, 0.3) is 5.69 Å². The molecule has 0 spiro atoms. The van der Waals surface area contributed by atoms with E-state index in [0.717, 1.165) is 27.1 Å². The van der Waals surface area contributed by atoms with Crippen molar-refractivity contribution in [3.63, 3.8) is 0 Å². The summed E-state index contributed by atoms with van der Waals surface area (Å²) in [4.78, 5) is 19.6. The molecule has 0 radical (unpaired) electrons. The van der Waals surface area contributed by atoms with Crippen molar-refractivity contribution in [2.75, 3.05) is 0 Å². The number of aromatic amines is 1. The number of aryl methyl sites for hydroxylation is 1. The van der Waals surface area contributed by atoms with Crippen molar-refractivity contribution in [3.8, 4) is 11.1 Å². The fourth-order valence-electron chi connectivity index (χ4n) is 2.64. The van der Waals surface area contributed by atoms with Crippen molar-refractivity contribution in [3.05, 3.63) is 69.8 Å². The third kappa shape index (κ3) is 3.04. The van der Waals surface area contributed by atoms with Gasteiger partial charge in [-0.25, -0.2) is 4.98 Å². The molecule has 0 fully saturated rings. The molecule has 25 heavy (non-hydrogen) atoms. The van der Waals surface area contributed by atoms with E-state index in [9.17, 15) is 10.1 Å². The third-order valence-electron chi connectivity index (χ3n) is 3.94. The van der Waals surface area contributed by atoms with Crippen LogP contribution >= 0.6 is 23.1 Å². The summed E-state index contributed by atoms with van der Waals surface area (Å²) in [6.07, 6.45) is 3.69. The smallest absolute Gasteiger partial charge is 0.272 e. The van der Waals surface area contributed by atoms with Crippen LogP contribution < -0.4 is 0 Å². The number of benzene rings is 1. The SMILES string of the molecule is Cc1ccc(-c2cnc3[nH]cc(Sc4cccs4)c3c2)cc1[N+](=O)[O-]. The maximum absolute atomic E-state index is 11.2. The molecule has 4 aromatic rings. The summed E-state index contributed by atoms with van der Waals surface area (Å²) in [5.41, 5.74) is 3.24. The minimum atomic E-state index is -0.348. The van der Waals surface area contributed by atoms with Gasteiger partial charge in [0.15, 0.2) is 0 Å². The number of hydrogen-bond acceptors (Lipinski definition) is 5. The quantitative estimate of drug-likeness (QED) is 0.373. The highest BCUT2D eigenvalue weighted by atomic mass is 32.2. The van der Waals surface area contributed by atoms with E-state index in [0.29, 0.717) is 5.56 Å². The van der Waals surface area contributed by atoms with Crippen molar-refractivity contribution in [1.29, 1.82) is 0 Å². The molecule has 4 rings (SSSR count). The van der Waals surface area contributed by atoms with E-state index < -0.39 is 0 Å². The van der Waals surface area contributed by atoms with Gasteiger partial charge in [-0.05, 0) is 30.0 Å². The van der Waals surface area contributed by atoms with Crippen LogP contribution in [0.5, 0.6) is 0 Å². The topological polar surface area (TPSA) is 71.8 Å². The summed E-state index contributed by atoms with van der Waals surface area (Å²) in [5.74, 6) is 0. The van der Waals surface area contributed by atoms with Gasteiger partial charge in [0.05, 0.1) is 9.13 Å². The molecule has 3 heterocycles. The Bertz CT molecular complexity index is 1070. The lowest BCUT2D eigenvalue weighted by atomic mass is 10.0. The lowest BCUT2D eigenvalue weighted by molar-refractivity contribution is -0.385. The van der Waals surface area contributed by atoms with Crippen molar-refractivity contribution in [1.82, 2.24) is 9.97 Å². The number of nitro groups is 1. The van der Waals surface area contributed by atoms with Crippen molar-refractivity contribution >= 4 is 39.8 Å². The van der Waals surface area contributed by atoms with E-state index in [2.05, 4.69) is 16.0 Å². The molecule has 7 heteroatoms. The lowest BCUT2D eigenvalue weighted by Crippen LogP contribution is -1.92. The molecule has 5 nitrogen and oxygen atoms in total. The molecule has 0 atom stereocenters. The van der Waals surface area contributed by atoms with Gasteiger partial charge in [-0.3, -0.25) is 10.1 Å². The van der Waals surface area contributed by atoms with Crippen LogP contribution in [0.3, 0.4) is 0 Å². The minimum Gasteiger partial charge on any atom is -0.345 e. The van der Waals surface area contributed by atoms with Gasteiger partial charge in [0.2, 0.25) is 0 Å². The van der Waals surface area contributed by atoms with E-state index in [1.807, 2.05) is 29.8 Å². The first-order valence-electron chi connectivity index (χ1n) is 7.56. The highest BCUT2D eigenvalue weighted by Crippen LogP contribution is 2.37. The monoisotopic (exact) mass is 367 g/mol. The van der Waals surface area contributed by atoms with Crippen LogP contribution in [0.1, 0.15) is 5.56 Å². The number of pyridine rings is 1. The minimum absolute atomic E-state index is 0.125. The number of fused-ring (bicyclic) bond motifs is 1. The van der Waals surface area contributed by atoms with Crippen LogP contribution in [-0.2, 0) is 0 Å².